The Balaban J connectivity index is 2.08. The number of halogens is 1. The van der Waals surface area contributed by atoms with E-state index in [1.807, 2.05) is 17.9 Å². The Morgan fingerprint density at radius 1 is 1.47 bits per heavy atom. The van der Waals surface area contributed by atoms with Gasteiger partial charge in [-0.15, -0.1) is 11.3 Å². The lowest BCUT2D eigenvalue weighted by Crippen LogP contribution is -2.00. The van der Waals surface area contributed by atoms with E-state index in [2.05, 4.69) is 52.3 Å². The molecule has 0 radical (unpaired) electrons. The molecule has 5 heteroatoms. The zero-order valence-corrected chi connectivity index (χ0v) is 12.6. The van der Waals surface area contributed by atoms with Gasteiger partial charge in [0.2, 0.25) is 0 Å². The van der Waals surface area contributed by atoms with E-state index in [-0.39, 0.29) is 0 Å². The summed E-state index contributed by atoms with van der Waals surface area (Å²) in [5.41, 5.74) is 2.26. The SMILES string of the molecule is CC(C)c1nn(C)cc1NCc1ccc(Br)s1. The Bertz CT molecular complexity index is 502. The fourth-order valence-electron chi connectivity index (χ4n) is 1.70. The molecule has 0 aromatic carbocycles. The molecule has 0 atom stereocenters. The van der Waals surface area contributed by atoms with Crippen molar-refractivity contribution in [1.82, 2.24) is 9.78 Å². The highest BCUT2D eigenvalue weighted by Crippen LogP contribution is 2.25. The summed E-state index contributed by atoms with van der Waals surface area (Å²) in [6.07, 6.45) is 2.04. The van der Waals surface area contributed by atoms with Gasteiger partial charge in [-0.2, -0.15) is 5.10 Å². The molecule has 2 aromatic rings. The third-order valence-corrected chi connectivity index (χ3v) is 4.11. The van der Waals surface area contributed by atoms with Crippen LogP contribution in [-0.2, 0) is 13.6 Å². The van der Waals surface area contributed by atoms with Crippen LogP contribution in [0.25, 0.3) is 0 Å². The molecule has 2 rings (SSSR count). The largest absolute Gasteiger partial charge is 0.377 e. The van der Waals surface area contributed by atoms with Gasteiger partial charge in [-0.05, 0) is 34.0 Å². The molecule has 0 unspecified atom stereocenters. The van der Waals surface area contributed by atoms with Crippen molar-refractivity contribution in [2.24, 2.45) is 7.05 Å². The van der Waals surface area contributed by atoms with Crippen molar-refractivity contribution in [1.29, 1.82) is 0 Å². The first-order valence-electron chi connectivity index (χ1n) is 5.58. The summed E-state index contributed by atoms with van der Waals surface area (Å²) < 4.78 is 3.03. The van der Waals surface area contributed by atoms with Crippen molar-refractivity contribution in [3.05, 3.63) is 32.7 Å². The zero-order chi connectivity index (χ0) is 12.4. The topological polar surface area (TPSA) is 29.9 Å². The number of anilines is 1. The molecule has 17 heavy (non-hydrogen) atoms. The van der Waals surface area contributed by atoms with Crippen LogP contribution >= 0.6 is 27.3 Å². The number of hydrogen-bond donors (Lipinski definition) is 1. The highest BCUT2D eigenvalue weighted by Gasteiger charge is 2.11. The second-order valence-electron chi connectivity index (χ2n) is 4.32. The average Bonchev–Trinajstić information content (AvgIpc) is 2.82. The summed E-state index contributed by atoms with van der Waals surface area (Å²) >= 11 is 5.23. The first-order valence-corrected chi connectivity index (χ1v) is 7.19. The molecule has 2 aromatic heterocycles. The van der Waals surface area contributed by atoms with Gasteiger partial charge >= 0.3 is 0 Å². The summed E-state index contributed by atoms with van der Waals surface area (Å²) in [6, 6.07) is 4.21. The van der Waals surface area contributed by atoms with Crippen LogP contribution in [0, 0.1) is 0 Å². The van der Waals surface area contributed by atoms with E-state index in [1.165, 1.54) is 8.66 Å². The highest BCUT2D eigenvalue weighted by molar-refractivity contribution is 9.11. The van der Waals surface area contributed by atoms with Crippen molar-refractivity contribution in [2.45, 2.75) is 26.3 Å². The molecule has 0 saturated carbocycles. The van der Waals surface area contributed by atoms with E-state index in [1.54, 1.807) is 11.3 Å². The minimum atomic E-state index is 0.439. The van der Waals surface area contributed by atoms with Crippen LogP contribution in [0.2, 0.25) is 0 Å². The van der Waals surface area contributed by atoms with Gasteiger partial charge in [-0.3, -0.25) is 4.68 Å². The molecule has 0 bridgehead atoms. The van der Waals surface area contributed by atoms with Crippen molar-refractivity contribution in [3.63, 3.8) is 0 Å². The van der Waals surface area contributed by atoms with Crippen LogP contribution in [0.1, 0.15) is 30.3 Å². The second-order valence-corrected chi connectivity index (χ2v) is 6.86. The molecular weight excluding hydrogens is 298 g/mol. The van der Waals surface area contributed by atoms with Crippen molar-refractivity contribution < 1.29 is 0 Å². The first-order chi connectivity index (χ1) is 8.06. The second kappa shape index (κ2) is 5.23. The minimum Gasteiger partial charge on any atom is -0.377 e. The van der Waals surface area contributed by atoms with Crippen LogP contribution in [0.4, 0.5) is 5.69 Å². The van der Waals surface area contributed by atoms with Gasteiger partial charge in [0.25, 0.3) is 0 Å². The number of aryl methyl sites for hydroxylation is 1. The molecule has 0 fully saturated rings. The number of nitrogens with one attached hydrogen (secondary N) is 1. The predicted molar refractivity (Wildman–Crippen MR) is 76.6 cm³/mol. The number of aromatic nitrogens is 2. The Labute approximate surface area is 114 Å². The summed E-state index contributed by atoms with van der Waals surface area (Å²) in [4.78, 5) is 1.32. The van der Waals surface area contributed by atoms with E-state index in [4.69, 9.17) is 0 Å². The maximum Gasteiger partial charge on any atom is 0.0881 e. The summed E-state index contributed by atoms with van der Waals surface area (Å²) in [5.74, 6) is 0.439. The summed E-state index contributed by atoms with van der Waals surface area (Å²) in [6.45, 7) is 5.17. The minimum absolute atomic E-state index is 0.439. The number of thiophene rings is 1. The number of nitrogens with zero attached hydrogens (tertiary/aromatic N) is 2. The third-order valence-electron chi connectivity index (χ3n) is 2.49. The van der Waals surface area contributed by atoms with Crippen molar-refractivity contribution in [2.75, 3.05) is 5.32 Å². The fourth-order valence-corrected chi connectivity index (χ4v) is 3.12. The molecule has 0 aliphatic rings. The Kier molecular flexibility index (Phi) is 3.89. The lowest BCUT2D eigenvalue weighted by molar-refractivity contribution is 0.713. The standard InChI is InChI=1S/C12H16BrN3S/c1-8(2)12-10(7-16(3)15-12)14-6-9-4-5-11(13)17-9/h4-5,7-8,14H,6H2,1-3H3. The van der Waals surface area contributed by atoms with Crippen LogP contribution in [-0.4, -0.2) is 9.78 Å². The molecule has 3 nitrogen and oxygen atoms in total. The first kappa shape index (κ1) is 12.6. The van der Waals surface area contributed by atoms with E-state index in [9.17, 15) is 0 Å². The molecular formula is C12H16BrN3S. The predicted octanol–water partition coefficient (Wildman–Crippen LogP) is 3.98. The molecule has 92 valence electrons. The van der Waals surface area contributed by atoms with E-state index >= 15 is 0 Å². The van der Waals surface area contributed by atoms with Crippen LogP contribution < -0.4 is 5.32 Å². The van der Waals surface area contributed by atoms with Gasteiger partial charge in [-0.1, -0.05) is 13.8 Å². The quantitative estimate of drug-likeness (QED) is 0.925. The molecule has 0 aliphatic heterocycles. The molecule has 1 N–H and O–H groups in total. The Morgan fingerprint density at radius 3 is 2.82 bits per heavy atom. The smallest absolute Gasteiger partial charge is 0.0881 e. The molecule has 0 saturated heterocycles. The van der Waals surface area contributed by atoms with Crippen molar-refractivity contribution >= 4 is 33.0 Å². The summed E-state index contributed by atoms with van der Waals surface area (Å²) in [7, 11) is 1.96. The molecule has 2 heterocycles. The van der Waals surface area contributed by atoms with Crippen LogP contribution in [0.5, 0.6) is 0 Å². The maximum atomic E-state index is 4.48. The normalized spacial score (nSPS) is 11.1. The van der Waals surface area contributed by atoms with Gasteiger partial charge in [0.1, 0.15) is 0 Å². The molecule has 0 aliphatic carbocycles. The van der Waals surface area contributed by atoms with E-state index in [0.717, 1.165) is 17.9 Å². The molecule has 0 amide bonds. The Morgan fingerprint density at radius 2 is 2.24 bits per heavy atom. The lowest BCUT2D eigenvalue weighted by atomic mass is 10.1. The third kappa shape index (κ3) is 3.10. The Hall–Kier alpha value is -0.810. The van der Waals surface area contributed by atoms with Crippen LogP contribution in [0.3, 0.4) is 0 Å². The fraction of sp³-hybridized carbons (Fsp3) is 0.417. The van der Waals surface area contributed by atoms with Gasteiger partial charge in [-0.25, -0.2) is 0 Å². The van der Waals surface area contributed by atoms with E-state index < -0.39 is 0 Å². The van der Waals surface area contributed by atoms with Crippen LogP contribution in [0.15, 0.2) is 22.1 Å². The lowest BCUT2D eigenvalue weighted by Gasteiger charge is -2.06. The molecule has 0 spiro atoms. The van der Waals surface area contributed by atoms with E-state index in [0.29, 0.717) is 5.92 Å². The number of hydrogen-bond acceptors (Lipinski definition) is 3. The van der Waals surface area contributed by atoms with Gasteiger partial charge in [0.15, 0.2) is 0 Å². The number of rotatable bonds is 4. The van der Waals surface area contributed by atoms with Gasteiger partial charge < -0.3 is 5.32 Å². The zero-order valence-electron chi connectivity index (χ0n) is 10.2. The highest BCUT2D eigenvalue weighted by atomic mass is 79.9. The maximum absolute atomic E-state index is 4.48. The average molecular weight is 314 g/mol. The van der Waals surface area contributed by atoms with Crippen molar-refractivity contribution in [3.8, 4) is 0 Å². The van der Waals surface area contributed by atoms with Gasteiger partial charge in [0, 0.05) is 24.7 Å². The summed E-state index contributed by atoms with van der Waals surface area (Å²) in [5, 5.41) is 7.93. The van der Waals surface area contributed by atoms with Gasteiger partial charge in [0.05, 0.1) is 15.2 Å². The monoisotopic (exact) mass is 313 g/mol.